The predicted octanol–water partition coefficient (Wildman–Crippen LogP) is 3.59. The molecule has 0 unspecified atom stereocenters. The van der Waals surface area contributed by atoms with Crippen molar-refractivity contribution in [1.82, 2.24) is 9.80 Å². The number of ether oxygens (including phenoxy) is 2. The quantitative estimate of drug-likeness (QED) is 0.669. The molecule has 5 nitrogen and oxygen atoms in total. The third-order valence-electron chi connectivity index (χ3n) is 4.93. The van der Waals surface area contributed by atoms with Crippen molar-refractivity contribution < 1.29 is 18.7 Å². The Morgan fingerprint density at radius 2 is 1.83 bits per heavy atom. The fourth-order valence-electron chi connectivity index (χ4n) is 3.35. The van der Waals surface area contributed by atoms with E-state index >= 15 is 0 Å². The topological polar surface area (TPSA) is 42.0 Å². The van der Waals surface area contributed by atoms with Crippen LogP contribution in [0.2, 0.25) is 0 Å². The maximum Gasteiger partial charge on any atom is 0.246 e. The molecule has 0 spiro atoms. The maximum atomic E-state index is 13.5. The van der Waals surface area contributed by atoms with Crippen LogP contribution >= 0.6 is 0 Å². The molecule has 3 rings (SSSR count). The van der Waals surface area contributed by atoms with Crippen LogP contribution in [0, 0.1) is 5.82 Å². The molecule has 0 saturated carbocycles. The zero-order valence-electron chi connectivity index (χ0n) is 16.9. The molecule has 1 aliphatic heterocycles. The molecule has 154 valence electrons. The van der Waals surface area contributed by atoms with Crippen LogP contribution in [0.5, 0.6) is 11.5 Å². The number of halogens is 1. The van der Waals surface area contributed by atoms with Crippen LogP contribution in [0.3, 0.4) is 0 Å². The van der Waals surface area contributed by atoms with E-state index in [-0.39, 0.29) is 11.7 Å². The van der Waals surface area contributed by atoms with Gasteiger partial charge < -0.3 is 14.4 Å². The van der Waals surface area contributed by atoms with Crippen molar-refractivity contribution in [2.75, 3.05) is 39.9 Å². The number of carbonyl (C=O) groups excluding carboxylic acids is 1. The van der Waals surface area contributed by atoms with Gasteiger partial charge in [-0.1, -0.05) is 12.1 Å². The summed E-state index contributed by atoms with van der Waals surface area (Å²) in [5, 5.41) is 0. The fraction of sp³-hybridized carbons (Fsp3) is 0.348. The van der Waals surface area contributed by atoms with Crippen molar-refractivity contribution in [1.29, 1.82) is 0 Å². The summed E-state index contributed by atoms with van der Waals surface area (Å²) < 4.78 is 24.3. The molecule has 0 radical (unpaired) electrons. The second-order valence-electron chi connectivity index (χ2n) is 6.89. The van der Waals surface area contributed by atoms with Crippen LogP contribution in [0.4, 0.5) is 4.39 Å². The lowest BCUT2D eigenvalue weighted by molar-refractivity contribution is -0.127. The van der Waals surface area contributed by atoms with Crippen molar-refractivity contribution >= 4 is 12.0 Å². The van der Waals surface area contributed by atoms with Crippen molar-refractivity contribution in [3.63, 3.8) is 0 Å². The molecule has 29 heavy (non-hydrogen) atoms. The number of carbonyl (C=O) groups is 1. The van der Waals surface area contributed by atoms with E-state index < -0.39 is 0 Å². The highest BCUT2D eigenvalue weighted by Gasteiger charge is 2.20. The van der Waals surface area contributed by atoms with Gasteiger partial charge in [-0.05, 0) is 48.9 Å². The van der Waals surface area contributed by atoms with Crippen LogP contribution in [0.25, 0.3) is 6.08 Å². The number of piperazine rings is 1. The zero-order chi connectivity index (χ0) is 20.6. The van der Waals surface area contributed by atoms with Gasteiger partial charge in [0.15, 0.2) is 0 Å². The molecule has 1 heterocycles. The molecule has 0 aliphatic carbocycles. The number of methoxy groups -OCH3 is 1. The summed E-state index contributed by atoms with van der Waals surface area (Å²) in [4.78, 5) is 16.5. The van der Waals surface area contributed by atoms with E-state index in [2.05, 4.69) is 4.90 Å². The van der Waals surface area contributed by atoms with Crippen molar-refractivity contribution in [2.24, 2.45) is 0 Å². The molecule has 1 fully saturated rings. The van der Waals surface area contributed by atoms with Gasteiger partial charge in [-0.2, -0.15) is 0 Å². The lowest BCUT2D eigenvalue weighted by Gasteiger charge is -2.34. The summed E-state index contributed by atoms with van der Waals surface area (Å²) in [6.07, 6.45) is 3.43. The van der Waals surface area contributed by atoms with Gasteiger partial charge in [0.05, 0.1) is 13.7 Å². The summed E-state index contributed by atoms with van der Waals surface area (Å²) in [5.41, 5.74) is 1.78. The summed E-state index contributed by atoms with van der Waals surface area (Å²) in [6.45, 7) is 5.94. The standard InChI is InChI=1S/C23H27FN2O3/c1-3-29-21-8-4-18(5-9-21)6-11-23(27)26-14-12-25(13-15-26)17-19-16-20(24)7-10-22(19)28-2/h4-11,16H,3,12-15,17H2,1-2H3/b11-6+. The van der Waals surface area contributed by atoms with Gasteiger partial charge in [-0.25, -0.2) is 4.39 Å². The third kappa shape index (κ3) is 5.81. The summed E-state index contributed by atoms with van der Waals surface area (Å²) in [5.74, 6) is 1.24. The van der Waals surface area contributed by atoms with Gasteiger partial charge >= 0.3 is 0 Å². The minimum atomic E-state index is -0.269. The molecular weight excluding hydrogens is 371 g/mol. The molecule has 0 N–H and O–H groups in total. The van der Waals surface area contributed by atoms with Gasteiger partial charge in [0.2, 0.25) is 5.91 Å². The van der Waals surface area contributed by atoms with Gasteiger partial charge in [-0.15, -0.1) is 0 Å². The molecular formula is C23H27FN2O3. The van der Waals surface area contributed by atoms with Crippen LogP contribution in [0.15, 0.2) is 48.5 Å². The molecule has 1 saturated heterocycles. The fourth-order valence-corrected chi connectivity index (χ4v) is 3.35. The Bertz CT molecular complexity index is 844. The SMILES string of the molecule is CCOc1ccc(/C=C/C(=O)N2CCN(Cc3cc(F)ccc3OC)CC2)cc1. The van der Waals surface area contributed by atoms with E-state index in [0.29, 0.717) is 32.0 Å². The lowest BCUT2D eigenvalue weighted by Crippen LogP contribution is -2.47. The number of nitrogens with zero attached hydrogens (tertiary/aromatic N) is 2. The van der Waals surface area contributed by atoms with Gasteiger partial charge in [0, 0.05) is 44.4 Å². The Morgan fingerprint density at radius 3 is 2.48 bits per heavy atom. The van der Waals surface area contributed by atoms with E-state index in [0.717, 1.165) is 30.0 Å². The Labute approximate surface area is 171 Å². The van der Waals surface area contributed by atoms with Crippen LogP contribution in [-0.2, 0) is 11.3 Å². The summed E-state index contributed by atoms with van der Waals surface area (Å²) in [6, 6.07) is 12.2. The van der Waals surface area contributed by atoms with E-state index in [9.17, 15) is 9.18 Å². The molecule has 1 aliphatic rings. The maximum absolute atomic E-state index is 13.5. The van der Waals surface area contributed by atoms with Gasteiger partial charge in [0.1, 0.15) is 17.3 Å². The summed E-state index contributed by atoms with van der Waals surface area (Å²) >= 11 is 0. The molecule has 2 aromatic rings. The first kappa shape index (κ1) is 20.9. The number of rotatable bonds is 7. The smallest absolute Gasteiger partial charge is 0.246 e. The first-order valence-electron chi connectivity index (χ1n) is 9.83. The average Bonchev–Trinajstić information content (AvgIpc) is 2.74. The average molecular weight is 398 g/mol. The van der Waals surface area contributed by atoms with Gasteiger partial charge in [0.25, 0.3) is 0 Å². The number of hydrogen-bond donors (Lipinski definition) is 0. The van der Waals surface area contributed by atoms with Crippen molar-refractivity contribution in [3.8, 4) is 11.5 Å². The normalized spacial score (nSPS) is 14.9. The molecule has 0 aromatic heterocycles. The predicted molar refractivity (Wildman–Crippen MR) is 111 cm³/mol. The van der Waals surface area contributed by atoms with Crippen LogP contribution in [0.1, 0.15) is 18.1 Å². The first-order valence-corrected chi connectivity index (χ1v) is 9.83. The van der Waals surface area contributed by atoms with Crippen LogP contribution in [-0.4, -0.2) is 55.6 Å². The minimum absolute atomic E-state index is 0.00173. The molecule has 1 amide bonds. The highest BCUT2D eigenvalue weighted by atomic mass is 19.1. The van der Waals surface area contributed by atoms with E-state index in [1.54, 1.807) is 19.3 Å². The third-order valence-corrected chi connectivity index (χ3v) is 4.93. The Hall–Kier alpha value is -2.86. The van der Waals surface area contributed by atoms with Crippen LogP contribution < -0.4 is 9.47 Å². The molecule has 2 aromatic carbocycles. The number of amides is 1. The Kier molecular flexibility index (Phi) is 7.25. The Morgan fingerprint density at radius 1 is 1.10 bits per heavy atom. The van der Waals surface area contributed by atoms with E-state index in [1.165, 1.54) is 12.1 Å². The van der Waals surface area contributed by atoms with E-state index in [1.807, 2.05) is 42.2 Å². The van der Waals surface area contributed by atoms with Crippen molar-refractivity contribution in [2.45, 2.75) is 13.5 Å². The molecule has 6 heteroatoms. The minimum Gasteiger partial charge on any atom is -0.496 e. The highest BCUT2D eigenvalue weighted by molar-refractivity contribution is 5.91. The second-order valence-corrected chi connectivity index (χ2v) is 6.89. The Balaban J connectivity index is 1.51. The summed E-state index contributed by atoms with van der Waals surface area (Å²) in [7, 11) is 1.59. The molecule has 0 atom stereocenters. The highest BCUT2D eigenvalue weighted by Crippen LogP contribution is 2.22. The molecule has 0 bridgehead atoms. The second kappa shape index (κ2) is 10.1. The zero-order valence-corrected chi connectivity index (χ0v) is 16.9. The van der Waals surface area contributed by atoms with Gasteiger partial charge in [-0.3, -0.25) is 9.69 Å². The lowest BCUT2D eigenvalue weighted by atomic mass is 10.1. The number of hydrogen-bond acceptors (Lipinski definition) is 4. The largest absolute Gasteiger partial charge is 0.496 e. The van der Waals surface area contributed by atoms with Crippen molar-refractivity contribution in [3.05, 3.63) is 65.5 Å². The van der Waals surface area contributed by atoms with E-state index in [4.69, 9.17) is 9.47 Å². The first-order chi connectivity index (χ1) is 14.1. The monoisotopic (exact) mass is 398 g/mol. The number of benzene rings is 2.